The third-order valence-electron chi connectivity index (χ3n) is 4.03. The van der Waals surface area contributed by atoms with Crippen LogP contribution in [-0.4, -0.2) is 35.8 Å². The fourth-order valence-electron chi connectivity index (χ4n) is 2.82. The van der Waals surface area contributed by atoms with E-state index >= 15 is 0 Å². The number of hydrogen-bond donors (Lipinski definition) is 1. The lowest BCUT2D eigenvalue weighted by molar-refractivity contribution is -0.131. The number of nitrogens with one attached hydrogen (secondary N) is 1. The van der Waals surface area contributed by atoms with E-state index in [1.165, 1.54) is 19.3 Å². The summed E-state index contributed by atoms with van der Waals surface area (Å²) in [5.41, 5.74) is 0. The Hall–Kier alpha value is -1.06. The molecule has 1 aliphatic carbocycles. The van der Waals surface area contributed by atoms with Gasteiger partial charge >= 0.3 is 0 Å². The van der Waals surface area contributed by atoms with Crippen molar-refractivity contribution in [3.8, 4) is 0 Å². The first-order valence-electron chi connectivity index (χ1n) is 6.72. The van der Waals surface area contributed by atoms with Crippen molar-refractivity contribution in [2.24, 2.45) is 5.92 Å². The van der Waals surface area contributed by atoms with Gasteiger partial charge < -0.3 is 10.2 Å². The third-order valence-corrected chi connectivity index (χ3v) is 4.03. The molecule has 96 valence electrons. The van der Waals surface area contributed by atoms with E-state index in [4.69, 9.17) is 0 Å². The normalized spacial score (nSPS) is 26.4. The van der Waals surface area contributed by atoms with Crippen molar-refractivity contribution in [3.05, 3.63) is 0 Å². The average Bonchev–Trinajstić information content (AvgIpc) is 2.71. The largest absolute Gasteiger partial charge is 0.352 e. The molecule has 2 unspecified atom stereocenters. The first-order valence-corrected chi connectivity index (χ1v) is 6.72. The molecule has 0 radical (unpaired) electrons. The number of likely N-dealkylation sites (tertiary alicyclic amines) is 1. The molecule has 0 spiro atoms. The first kappa shape index (κ1) is 12.4. The zero-order valence-corrected chi connectivity index (χ0v) is 10.5. The van der Waals surface area contributed by atoms with Gasteiger partial charge in [0.05, 0.1) is 0 Å². The van der Waals surface area contributed by atoms with E-state index in [1.807, 2.05) is 0 Å². The molecule has 0 bridgehead atoms. The highest BCUT2D eigenvalue weighted by atomic mass is 16.2. The lowest BCUT2D eigenvalue weighted by Gasteiger charge is -2.29. The lowest BCUT2D eigenvalue weighted by atomic mass is 9.81. The number of amides is 2. The van der Waals surface area contributed by atoms with Crippen LogP contribution in [0.5, 0.6) is 0 Å². The zero-order chi connectivity index (χ0) is 12.3. The summed E-state index contributed by atoms with van der Waals surface area (Å²) in [5.74, 6) is 0.831. The van der Waals surface area contributed by atoms with Gasteiger partial charge in [0.2, 0.25) is 12.3 Å². The monoisotopic (exact) mass is 238 g/mol. The van der Waals surface area contributed by atoms with E-state index in [2.05, 4.69) is 12.2 Å². The molecular weight excluding hydrogens is 216 g/mol. The summed E-state index contributed by atoms with van der Waals surface area (Å²) in [6.45, 7) is 2.79. The Balaban J connectivity index is 1.76. The summed E-state index contributed by atoms with van der Waals surface area (Å²) in [6, 6.07) is 0.0123. The first-order chi connectivity index (χ1) is 8.20. The van der Waals surface area contributed by atoms with Crippen molar-refractivity contribution in [2.75, 3.05) is 6.54 Å². The second kappa shape index (κ2) is 5.52. The molecule has 0 aromatic heterocycles. The SMILES string of the molecule is CC(CC1CCC1)NC(=O)C1CCCN1C=O. The molecule has 1 heterocycles. The van der Waals surface area contributed by atoms with Crippen molar-refractivity contribution >= 4 is 12.3 Å². The van der Waals surface area contributed by atoms with E-state index in [1.54, 1.807) is 4.90 Å². The molecule has 4 nitrogen and oxygen atoms in total. The Morgan fingerprint density at radius 2 is 2.18 bits per heavy atom. The molecule has 2 aliphatic rings. The maximum atomic E-state index is 12.0. The van der Waals surface area contributed by atoms with Gasteiger partial charge in [-0.1, -0.05) is 19.3 Å². The van der Waals surface area contributed by atoms with Gasteiger partial charge in [-0.3, -0.25) is 9.59 Å². The van der Waals surface area contributed by atoms with Crippen molar-refractivity contribution in [1.82, 2.24) is 10.2 Å². The van der Waals surface area contributed by atoms with Crippen LogP contribution in [0.15, 0.2) is 0 Å². The molecule has 2 rings (SSSR count). The highest BCUT2D eigenvalue weighted by molar-refractivity contribution is 5.84. The molecule has 17 heavy (non-hydrogen) atoms. The van der Waals surface area contributed by atoms with Gasteiger partial charge in [-0.05, 0) is 32.1 Å². The molecule has 0 aromatic carbocycles. The Morgan fingerprint density at radius 1 is 1.41 bits per heavy atom. The highest BCUT2D eigenvalue weighted by Gasteiger charge is 2.30. The minimum absolute atomic E-state index is 0.0291. The van der Waals surface area contributed by atoms with Crippen LogP contribution in [0, 0.1) is 5.92 Å². The Kier molecular flexibility index (Phi) is 4.02. The van der Waals surface area contributed by atoms with Crippen LogP contribution in [0.3, 0.4) is 0 Å². The Labute approximate surface area is 103 Å². The van der Waals surface area contributed by atoms with Crippen LogP contribution >= 0.6 is 0 Å². The van der Waals surface area contributed by atoms with Gasteiger partial charge in [-0.15, -0.1) is 0 Å². The van der Waals surface area contributed by atoms with Crippen LogP contribution in [0.2, 0.25) is 0 Å². The summed E-state index contributed by atoms with van der Waals surface area (Å²) in [4.78, 5) is 24.4. The number of nitrogens with zero attached hydrogens (tertiary/aromatic N) is 1. The van der Waals surface area contributed by atoms with Crippen LogP contribution in [0.1, 0.15) is 45.4 Å². The summed E-state index contributed by atoms with van der Waals surface area (Å²) in [5, 5.41) is 3.05. The molecule has 2 atom stereocenters. The topological polar surface area (TPSA) is 49.4 Å². The second-order valence-corrected chi connectivity index (χ2v) is 5.44. The summed E-state index contributed by atoms with van der Waals surface area (Å²) < 4.78 is 0. The van der Waals surface area contributed by atoms with Crippen LogP contribution in [0.4, 0.5) is 0 Å². The lowest BCUT2D eigenvalue weighted by Crippen LogP contribution is -2.46. The minimum atomic E-state index is -0.226. The van der Waals surface area contributed by atoms with Gasteiger partial charge in [-0.2, -0.15) is 0 Å². The zero-order valence-electron chi connectivity index (χ0n) is 10.5. The molecule has 1 saturated carbocycles. The van der Waals surface area contributed by atoms with Crippen LogP contribution < -0.4 is 5.32 Å². The molecule has 2 fully saturated rings. The minimum Gasteiger partial charge on any atom is -0.352 e. The number of rotatable bonds is 5. The van der Waals surface area contributed by atoms with E-state index in [-0.39, 0.29) is 18.0 Å². The fraction of sp³-hybridized carbons (Fsp3) is 0.846. The number of hydrogen-bond acceptors (Lipinski definition) is 2. The van der Waals surface area contributed by atoms with Crippen LogP contribution in [0.25, 0.3) is 0 Å². The van der Waals surface area contributed by atoms with Gasteiger partial charge in [0.1, 0.15) is 6.04 Å². The van der Waals surface area contributed by atoms with E-state index in [0.29, 0.717) is 0 Å². The molecule has 1 N–H and O–H groups in total. The van der Waals surface area contributed by atoms with E-state index < -0.39 is 0 Å². The Bertz CT molecular complexity index is 289. The highest BCUT2D eigenvalue weighted by Crippen LogP contribution is 2.30. The molecule has 2 amide bonds. The van der Waals surface area contributed by atoms with Gasteiger partial charge in [0, 0.05) is 12.6 Å². The third kappa shape index (κ3) is 2.99. The molecule has 1 saturated heterocycles. The maximum absolute atomic E-state index is 12.0. The second-order valence-electron chi connectivity index (χ2n) is 5.44. The summed E-state index contributed by atoms with van der Waals surface area (Å²) in [6.07, 6.45) is 7.59. The number of carbonyl (C=O) groups excluding carboxylic acids is 2. The smallest absolute Gasteiger partial charge is 0.243 e. The quantitative estimate of drug-likeness (QED) is 0.734. The van der Waals surface area contributed by atoms with E-state index in [0.717, 1.165) is 38.1 Å². The summed E-state index contributed by atoms with van der Waals surface area (Å²) in [7, 11) is 0. The van der Waals surface area contributed by atoms with Gasteiger partial charge in [-0.25, -0.2) is 0 Å². The van der Waals surface area contributed by atoms with Gasteiger partial charge in [0.25, 0.3) is 0 Å². The Morgan fingerprint density at radius 3 is 2.76 bits per heavy atom. The average molecular weight is 238 g/mol. The van der Waals surface area contributed by atoms with Crippen molar-refractivity contribution in [1.29, 1.82) is 0 Å². The van der Waals surface area contributed by atoms with E-state index in [9.17, 15) is 9.59 Å². The molecule has 1 aliphatic heterocycles. The molecule has 0 aromatic rings. The van der Waals surface area contributed by atoms with Crippen molar-refractivity contribution < 1.29 is 9.59 Å². The standard InChI is InChI=1S/C13H22N2O2/c1-10(8-11-4-2-5-11)14-13(17)12-6-3-7-15(12)9-16/h9-12H,2-8H2,1H3,(H,14,17). The van der Waals surface area contributed by atoms with Crippen molar-refractivity contribution in [2.45, 2.75) is 57.5 Å². The predicted octanol–water partition coefficient (Wildman–Crippen LogP) is 1.30. The number of carbonyl (C=O) groups is 2. The molecule has 4 heteroatoms. The van der Waals surface area contributed by atoms with Crippen LogP contribution in [-0.2, 0) is 9.59 Å². The maximum Gasteiger partial charge on any atom is 0.243 e. The predicted molar refractivity (Wildman–Crippen MR) is 65.4 cm³/mol. The fourth-order valence-corrected chi connectivity index (χ4v) is 2.82. The van der Waals surface area contributed by atoms with Gasteiger partial charge in [0.15, 0.2) is 0 Å². The van der Waals surface area contributed by atoms with Crippen molar-refractivity contribution in [3.63, 3.8) is 0 Å². The molecular formula is C13H22N2O2. The summed E-state index contributed by atoms with van der Waals surface area (Å²) >= 11 is 0.